The van der Waals surface area contributed by atoms with Crippen LogP contribution in [0.2, 0.25) is 0 Å². The first kappa shape index (κ1) is 33.5. The van der Waals surface area contributed by atoms with Crippen molar-refractivity contribution >= 4 is 28.7 Å². The van der Waals surface area contributed by atoms with Gasteiger partial charge in [0.15, 0.2) is 0 Å². The van der Waals surface area contributed by atoms with Gasteiger partial charge in [-0.3, -0.25) is 0 Å². The SMILES string of the molecule is C/C(=C/c1cc(-c2cc(OCCCN)cc(-c3cc(C#CCCN)cc(C(F)(F)F)c3)c2)cc(C(F)(F)I)c1)CCN. The summed E-state index contributed by atoms with van der Waals surface area (Å²) in [5.74, 6) is 5.90. The molecule has 0 heterocycles. The van der Waals surface area contributed by atoms with E-state index in [1.165, 1.54) is 12.1 Å². The number of hydrogen-bond donors (Lipinski definition) is 3. The average molecular weight is 698 g/mol. The fourth-order valence-electron chi connectivity index (χ4n) is 4.21. The Morgan fingerprint density at radius 3 is 2.05 bits per heavy atom. The van der Waals surface area contributed by atoms with Crippen LogP contribution in [0.3, 0.4) is 0 Å². The monoisotopic (exact) mass is 697 g/mol. The Hall–Kier alpha value is -2.98. The van der Waals surface area contributed by atoms with Crippen molar-refractivity contribution in [1.82, 2.24) is 0 Å². The molecule has 0 bridgehead atoms. The van der Waals surface area contributed by atoms with Crippen molar-refractivity contribution in [3.8, 4) is 39.8 Å². The molecule has 3 rings (SSSR count). The quantitative estimate of drug-likeness (QED) is 0.0631. The van der Waals surface area contributed by atoms with Crippen LogP contribution in [0.25, 0.3) is 28.3 Å². The van der Waals surface area contributed by atoms with Gasteiger partial charge in [-0.25, -0.2) is 0 Å². The van der Waals surface area contributed by atoms with E-state index in [1.807, 2.05) is 6.92 Å². The highest BCUT2D eigenvalue weighted by atomic mass is 127. The third-order valence-electron chi connectivity index (χ3n) is 6.19. The molecule has 42 heavy (non-hydrogen) atoms. The van der Waals surface area contributed by atoms with Crippen LogP contribution in [0.15, 0.2) is 60.2 Å². The first-order chi connectivity index (χ1) is 19.8. The summed E-state index contributed by atoms with van der Waals surface area (Å²) in [4.78, 5) is 0. The Kier molecular flexibility index (Phi) is 11.9. The number of hydrogen-bond acceptors (Lipinski definition) is 4. The normalized spacial score (nSPS) is 12.2. The number of nitrogens with two attached hydrogens (primary N) is 3. The maximum Gasteiger partial charge on any atom is 0.416 e. The maximum atomic E-state index is 14.6. The van der Waals surface area contributed by atoms with Gasteiger partial charge in [0.25, 0.3) is 0 Å². The van der Waals surface area contributed by atoms with Crippen LogP contribution >= 0.6 is 22.6 Å². The van der Waals surface area contributed by atoms with Crippen molar-refractivity contribution in [3.63, 3.8) is 0 Å². The van der Waals surface area contributed by atoms with E-state index in [0.717, 1.165) is 40.3 Å². The van der Waals surface area contributed by atoms with Crippen molar-refractivity contribution in [2.24, 2.45) is 17.2 Å². The summed E-state index contributed by atoms with van der Waals surface area (Å²) < 4.78 is 73.4. The minimum Gasteiger partial charge on any atom is -0.494 e. The summed E-state index contributed by atoms with van der Waals surface area (Å²) in [5, 5.41) is 0. The minimum atomic E-state index is -4.61. The van der Waals surface area contributed by atoms with Crippen LogP contribution < -0.4 is 21.9 Å². The van der Waals surface area contributed by atoms with Gasteiger partial charge in [0.2, 0.25) is 0 Å². The molecule has 224 valence electrons. The number of rotatable bonds is 11. The maximum absolute atomic E-state index is 14.6. The summed E-state index contributed by atoms with van der Waals surface area (Å²) in [6, 6.07) is 13.1. The molecule has 0 saturated heterocycles. The van der Waals surface area contributed by atoms with Gasteiger partial charge in [-0.2, -0.15) is 22.0 Å². The van der Waals surface area contributed by atoms with Crippen LogP contribution in [-0.4, -0.2) is 26.2 Å². The van der Waals surface area contributed by atoms with Gasteiger partial charge >= 0.3 is 10.1 Å². The molecule has 3 aromatic rings. The lowest BCUT2D eigenvalue weighted by molar-refractivity contribution is -0.137. The molecule has 0 atom stereocenters. The molecule has 10 heteroatoms. The number of halogens is 6. The van der Waals surface area contributed by atoms with Crippen molar-refractivity contribution in [2.45, 2.75) is 36.3 Å². The van der Waals surface area contributed by atoms with E-state index in [1.54, 1.807) is 36.4 Å². The molecule has 0 aromatic heterocycles. The first-order valence-electron chi connectivity index (χ1n) is 13.3. The number of ether oxygens (including phenoxy) is 1. The van der Waals surface area contributed by atoms with E-state index in [4.69, 9.17) is 21.9 Å². The Bertz CT molecular complexity index is 1470. The Morgan fingerprint density at radius 2 is 1.45 bits per heavy atom. The van der Waals surface area contributed by atoms with Gasteiger partial charge in [0, 0.05) is 46.7 Å². The standard InChI is InChI=1S/C32H33F5IN3O/c1-21(6-9-41)11-23-13-25(18-29(15-23)32(36,37)38)27-16-26(19-30(20-27)42-10-4-8-40)24-12-22(5-2-3-7-39)14-28(17-24)31(33,34)35/h11-20H,3-4,6-10,39-41H2,1H3/b21-11-. The Labute approximate surface area is 256 Å². The van der Waals surface area contributed by atoms with E-state index in [2.05, 4.69) is 11.8 Å². The lowest BCUT2D eigenvalue weighted by Crippen LogP contribution is -2.07. The molecule has 0 amide bonds. The van der Waals surface area contributed by atoms with E-state index in [-0.39, 0.29) is 29.8 Å². The predicted octanol–water partition coefficient (Wildman–Crippen LogP) is 7.70. The predicted molar refractivity (Wildman–Crippen MR) is 167 cm³/mol. The molecule has 6 N–H and O–H groups in total. The molecule has 0 fully saturated rings. The van der Waals surface area contributed by atoms with E-state index >= 15 is 0 Å². The first-order valence-corrected chi connectivity index (χ1v) is 14.4. The molecule has 0 spiro atoms. The molecular formula is C32H33F5IN3O. The highest BCUT2D eigenvalue weighted by Crippen LogP contribution is 2.40. The van der Waals surface area contributed by atoms with Crippen molar-refractivity contribution in [3.05, 3.63) is 82.4 Å². The smallest absolute Gasteiger partial charge is 0.416 e. The third kappa shape index (κ3) is 9.80. The lowest BCUT2D eigenvalue weighted by Gasteiger charge is -2.16. The fourth-order valence-corrected chi connectivity index (χ4v) is 4.52. The topological polar surface area (TPSA) is 87.3 Å². The van der Waals surface area contributed by atoms with Gasteiger partial charge in [-0.05, 0) is 115 Å². The van der Waals surface area contributed by atoms with Crippen LogP contribution in [0.4, 0.5) is 22.0 Å². The Balaban J connectivity index is 2.27. The zero-order valence-corrected chi connectivity index (χ0v) is 25.3. The van der Waals surface area contributed by atoms with Gasteiger partial charge in [-0.1, -0.05) is 23.5 Å². The number of alkyl halides is 6. The van der Waals surface area contributed by atoms with E-state index in [9.17, 15) is 22.0 Å². The van der Waals surface area contributed by atoms with Gasteiger partial charge in [0.05, 0.1) is 12.2 Å². The van der Waals surface area contributed by atoms with Crippen LogP contribution in [-0.2, 0) is 10.1 Å². The van der Waals surface area contributed by atoms with E-state index in [0.29, 0.717) is 60.4 Å². The summed E-state index contributed by atoms with van der Waals surface area (Å²) in [5.41, 5.74) is 18.9. The molecule has 0 saturated carbocycles. The molecule has 4 nitrogen and oxygen atoms in total. The fraction of sp³-hybridized carbons (Fsp3) is 0.312. The summed E-state index contributed by atoms with van der Waals surface area (Å²) in [6.45, 7) is 3.22. The van der Waals surface area contributed by atoms with Crippen LogP contribution in [0.5, 0.6) is 5.75 Å². The van der Waals surface area contributed by atoms with Crippen molar-refractivity contribution in [2.75, 3.05) is 26.2 Å². The molecule has 0 unspecified atom stereocenters. The average Bonchev–Trinajstić information content (AvgIpc) is 2.92. The van der Waals surface area contributed by atoms with Gasteiger partial charge < -0.3 is 21.9 Å². The second-order valence-electron chi connectivity index (χ2n) is 9.74. The van der Waals surface area contributed by atoms with Gasteiger partial charge in [-0.15, -0.1) is 0 Å². The molecule has 3 aromatic carbocycles. The van der Waals surface area contributed by atoms with E-state index < -0.39 is 15.7 Å². The third-order valence-corrected chi connectivity index (χ3v) is 6.81. The highest BCUT2D eigenvalue weighted by molar-refractivity contribution is 14.1. The number of benzene rings is 3. The summed E-state index contributed by atoms with van der Waals surface area (Å²) in [7, 11) is 0. The summed E-state index contributed by atoms with van der Waals surface area (Å²) >= 11 is 1.08. The molecular weight excluding hydrogens is 664 g/mol. The molecule has 0 aliphatic rings. The largest absolute Gasteiger partial charge is 0.494 e. The molecule has 0 aliphatic carbocycles. The second kappa shape index (κ2) is 15.0. The van der Waals surface area contributed by atoms with Crippen LogP contribution in [0.1, 0.15) is 48.4 Å². The molecule has 0 aliphatic heterocycles. The minimum absolute atomic E-state index is 0.179. The van der Waals surface area contributed by atoms with Crippen LogP contribution in [0, 0.1) is 11.8 Å². The van der Waals surface area contributed by atoms with Gasteiger partial charge in [0.1, 0.15) is 5.75 Å². The lowest BCUT2D eigenvalue weighted by atomic mass is 9.93. The van der Waals surface area contributed by atoms with Crippen molar-refractivity contribution in [1.29, 1.82) is 0 Å². The van der Waals surface area contributed by atoms with Crippen molar-refractivity contribution < 1.29 is 26.7 Å². The Morgan fingerprint density at radius 1 is 0.810 bits per heavy atom. The second-order valence-corrected chi connectivity index (χ2v) is 11.1. The summed E-state index contributed by atoms with van der Waals surface area (Å²) in [6.07, 6.45) is -1.33. The molecule has 0 radical (unpaired) electrons. The zero-order chi connectivity index (χ0) is 30.9. The zero-order valence-electron chi connectivity index (χ0n) is 23.1. The highest BCUT2D eigenvalue weighted by Gasteiger charge is 2.31.